The van der Waals surface area contributed by atoms with Crippen LogP contribution >= 0.6 is 15.9 Å². The minimum atomic E-state index is -0.508. The largest absolute Gasteiger partial charge is 0.496 e. The van der Waals surface area contributed by atoms with Gasteiger partial charge < -0.3 is 9.84 Å². The molecule has 0 heterocycles. The summed E-state index contributed by atoms with van der Waals surface area (Å²) in [5, 5.41) is 9.45. The fourth-order valence-corrected chi connectivity index (χ4v) is 1.53. The molecule has 2 nitrogen and oxygen atoms in total. The molecule has 1 atom stereocenters. The van der Waals surface area contributed by atoms with Gasteiger partial charge in [-0.1, -0.05) is 15.9 Å². The maximum absolute atomic E-state index is 9.45. The third kappa shape index (κ3) is 2.23. The van der Waals surface area contributed by atoms with E-state index in [4.69, 9.17) is 4.74 Å². The van der Waals surface area contributed by atoms with Gasteiger partial charge in [-0.2, -0.15) is 0 Å². The number of rotatable bonds is 2. The second-order valence-corrected chi connectivity index (χ2v) is 3.87. The van der Waals surface area contributed by atoms with Crippen LogP contribution in [0.1, 0.15) is 24.2 Å². The van der Waals surface area contributed by atoms with Gasteiger partial charge in [-0.25, -0.2) is 0 Å². The molecule has 0 aliphatic carbocycles. The van der Waals surface area contributed by atoms with Crippen molar-refractivity contribution in [1.29, 1.82) is 0 Å². The number of aliphatic hydroxyl groups excluding tert-OH is 1. The Morgan fingerprint density at radius 2 is 2.08 bits per heavy atom. The first-order chi connectivity index (χ1) is 6.06. The lowest BCUT2D eigenvalue weighted by atomic mass is 10.1. The van der Waals surface area contributed by atoms with Gasteiger partial charge in [-0.3, -0.25) is 0 Å². The Morgan fingerprint density at radius 1 is 1.46 bits per heavy atom. The Balaban J connectivity index is 3.25. The van der Waals surface area contributed by atoms with Crippen LogP contribution in [0.5, 0.6) is 5.75 Å². The third-order valence-electron chi connectivity index (χ3n) is 1.96. The monoisotopic (exact) mass is 244 g/mol. The molecule has 1 rings (SSSR count). The number of benzene rings is 1. The van der Waals surface area contributed by atoms with Crippen molar-refractivity contribution < 1.29 is 9.84 Å². The van der Waals surface area contributed by atoms with Crippen LogP contribution in [0.4, 0.5) is 0 Å². The van der Waals surface area contributed by atoms with E-state index in [1.54, 1.807) is 14.0 Å². The highest BCUT2D eigenvalue weighted by Crippen LogP contribution is 2.30. The highest BCUT2D eigenvalue weighted by atomic mass is 79.9. The number of hydrogen-bond acceptors (Lipinski definition) is 2. The summed E-state index contributed by atoms with van der Waals surface area (Å²) < 4.78 is 6.15. The normalized spacial score (nSPS) is 12.7. The predicted molar refractivity (Wildman–Crippen MR) is 56.1 cm³/mol. The Kier molecular flexibility index (Phi) is 3.33. The van der Waals surface area contributed by atoms with Crippen molar-refractivity contribution in [2.45, 2.75) is 20.0 Å². The summed E-state index contributed by atoms with van der Waals surface area (Å²) in [7, 11) is 1.61. The number of aryl methyl sites for hydroxylation is 1. The molecule has 1 aromatic rings. The summed E-state index contributed by atoms with van der Waals surface area (Å²) in [5.41, 5.74) is 1.90. The van der Waals surface area contributed by atoms with Crippen molar-refractivity contribution in [1.82, 2.24) is 0 Å². The smallest absolute Gasteiger partial charge is 0.124 e. The van der Waals surface area contributed by atoms with Gasteiger partial charge in [0.15, 0.2) is 0 Å². The molecule has 0 unspecified atom stereocenters. The van der Waals surface area contributed by atoms with E-state index in [1.165, 1.54) is 0 Å². The van der Waals surface area contributed by atoms with E-state index in [0.717, 1.165) is 21.3 Å². The van der Waals surface area contributed by atoms with E-state index < -0.39 is 6.10 Å². The summed E-state index contributed by atoms with van der Waals surface area (Å²) in [5.74, 6) is 0.732. The Morgan fingerprint density at radius 3 is 2.54 bits per heavy atom. The van der Waals surface area contributed by atoms with E-state index in [-0.39, 0.29) is 0 Å². The maximum Gasteiger partial charge on any atom is 0.124 e. The maximum atomic E-state index is 9.45. The Hall–Kier alpha value is -0.540. The van der Waals surface area contributed by atoms with Gasteiger partial charge in [0, 0.05) is 10.0 Å². The van der Waals surface area contributed by atoms with Crippen LogP contribution in [0.25, 0.3) is 0 Å². The summed E-state index contributed by atoms with van der Waals surface area (Å²) >= 11 is 3.41. The number of aliphatic hydroxyl groups is 1. The number of methoxy groups -OCH3 is 1. The molecule has 1 aromatic carbocycles. The molecule has 1 N–H and O–H groups in total. The van der Waals surface area contributed by atoms with Crippen LogP contribution in [0, 0.1) is 6.92 Å². The molecule has 0 aromatic heterocycles. The average molecular weight is 245 g/mol. The Bertz CT molecular complexity index is 308. The van der Waals surface area contributed by atoms with E-state index >= 15 is 0 Å². The molecule has 72 valence electrons. The minimum Gasteiger partial charge on any atom is -0.496 e. The quantitative estimate of drug-likeness (QED) is 0.868. The van der Waals surface area contributed by atoms with Crippen LogP contribution in [0.15, 0.2) is 16.6 Å². The van der Waals surface area contributed by atoms with Crippen LogP contribution in [-0.2, 0) is 0 Å². The summed E-state index contributed by atoms with van der Waals surface area (Å²) in [6.07, 6.45) is -0.508. The summed E-state index contributed by atoms with van der Waals surface area (Å²) in [6, 6.07) is 3.80. The van der Waals surface area contributed by atoms with Crippen LogP contribution in [-0.4, -0.2) is 12.2 Å². The van der Waals surface area contributed by atoms with E-state index in [9.17, 15) is 5.11 Å². The minimum absolute atomic E-state index is 0.508. The standard InChI is InChI=1S/C10H13BrO2/c1-6-4-10(13-3)8(7(2)12)5-9(6)11/h4-5,7,12H,1-3H3/t7-/m1/s1. The first-order valence-electron chi connectivity index (χ1n) is 4.08. The van der Waals surface area contributed by atoms with E-state index in [1.807, 2.05) is 19.1 Å². The fourth-order valence-electron chi connectivity index (χ4n) is 1.17. The van der Waals surface area contributed by atoms with Crippen LogP contribution < -0.4 is 4.74 Å². The van der Waals surface area contributed by atoms with Crippen LogP contribution in [0.3, 0.4) is 0 Å². The molecule has 0 aliphatic rings. The van der Waals surface area contributed by atoms with Crippen LogP contribution in [0.2, 0.25) is 0 Å². The van der Waals surface area contributed by atoms with Gasteiger partial charge in [0.1, 0.15) is 5.75 Å². The van der Waals surface area contributed by atoms with Gasteiger partial charge in [0.2, 0.25) is 0 Å². The predicted octanol–water partition coefficient (Wildman–Crippen LogP) is 2.82. The first-order valence-corrected chi connectivity index (χ1v) is 4.87. The molecule has 0 saturated carbocycles. The van der Waals surface area contributed by atoms with Crippen molar-refractivity contribution in [2.24, 2.45) is 0 Å². The SMILES string of the molecule is COc1cc(C)c(Br)cc1[C@@H](C)O. The molecule has 0 spiro atoms. The zero-order valence-electron chi connectivity index (χ0n) is 7.97. The molecule has 0 saturated heterocycles. The second-order valence-electron chi connectivity index (χ2n) is 3.02. The molecular weight excluding hydrogens is 232 g/mol. The van der Waals surface area contributed by atoms with Gasteiger partial charge >= 0.3 is 0 Å². The lowest BCUT2D eigenvalue weighted by Gasteiger charge is -2.12. The molecular formula is C10H13BrO2. The Labute approximate surface area is 86.7 Å². The molecule has 0 fully saturated rings. The lowest BCUT2D eigenvalue weighted by molar-refractivity contribution is 0.194. The number of hydrogen-bond donors (Lipinski definition) is 1. The fraction of sp³-hybridized carbons (Fsp3) is 0.400. The third-order valence-corrected chi connectivity index (χ3v) is 2.82. The average Bonchev–Trinajstić information content (AvgIpc) is 2.08. The van der Waals surface area contributed by atoms with Crippen molar-refractivity contribution in [3.05, 3.63) is 27.7 Å². The van der Waals surface area contributed by atoms with Gasteiger partial charge in [0.25, 0.3) is 0 Å². The molecule has 0 bridgehead atoms. The molecule has 13 heavy (non-hydrogen) atoms. The zero-order chi connectivity index (χ0) is 10.0. The highest BCUT2D eigenvalue weighted by Gasteiger charge is 2.10. The first kappa shape index (κ1) is 10.5. The van der Waals surface area contributed by atoms with Crippen molar-refractivity contribution >= 4 is 15.9 Å². The molecule has 0 aliphatic heterocycles. The topological polar surface area (TPSA) is 29.5 Å². The highest BCUT2D eigenvalue weighted by molar-refractivity contribution is 9.10. The lowest BCUT2D eigenvalue weighted by Crippen LogP contribution is -1.97. The molecule has 3 heteroatoms. The van der Waals surface area contributed by atoms with Gasteiger partial charge in [-0.15, -0.1) is 0 Å². The summed E-state index contributed by atoms with van der Waals surface area (Å²) in [6.45, 7) is 3.71. The molecule has 0 amide bonds. The second kappa shape index (κ2) is 4.11. The number of halogens is 1. The van der Waals surface area contributed by atoms with E-state index in [0.29, 0.717) is 0 Å². The van der Waals surface area contributed by atoms with Gasteiger partial charge in [-0.05, 0) is 31.5 Å². The van der Waals surface area contributed by atoms with Crippen molar-refractivity contribution in [3.8, 4) is 5.75 Å². The zero-order valence-corrected chi connectivity index (χ0v) is 9.55. The van der Waals surface area contributed by atoms with E-state index in [2.05, 4.69) is 15.9 Å². The van der Waals surface area contributed by atoms with Gasteiger partial charge in [0.05, 0.1) is 13.2 Å². The van der Waals surface area contributed by atoms with Crippen molar-refractivity contribution in [2.75, 3.05) is 7.11 Å². The molecule has 0 radical (unpaired) electrons. The van der Waals surface area contributed by atoms with Crippen molar-refractivity contribution in [3.63, 3.8) is 0 Å². The summed E-state index contributed by atoms with van der Waals surface area (Å²) in [4.78, 5) is 0. The number of ether oxygens (including phenoxy) is 1.